The highest BCUT2D eigenvalue weighted by Gasteiger charge is 2.30. The van der Waals surface area contributed by atoms with Gasteiger partial charge in [0.25, 0.3) is 0 Å². The number of hydrogen-bond acceptors (Lipinski definition) is 2. The van der Waals surface area contributed by atoms with Crippen LogP contribution in [0.15, 0.2) is 57.5 Å². The molecule has 0 amide bonds. The number of carbonyl (C=O) groups excluding carboxylic acids is 1. The molecule has 0 spiro atoms. The summed E-state index contributed by atoms with van der Waals surface area (Å²) < 4.78 is 3.48. The predicted molar refractivity (Wildman–Crippen MR) is 136 cm³/mol. The van der Waals surface area contributed by atoms with E-state index in [1.807, 2.05) is 36.4 Å². The molecule has 2 saturated carbocycles. The molecule has 2 nitrogen and oxygen atoms in total. The Bertz CT molecular complexity index is 709. The molecule has 0 aromatic heterocycles. The zero-order valence-corrected chi connectivity index (χ0v) is 22.0. The Labute approximate surface area is 205 Å². The van der Waals surface area contributed by atoms with Crippen LogP contribution in [-0.2, 0) is 10.4 Å². The number of Topliss-reactive ketones (excluding diaryl/α,β-unsaturated/α-hetero) is 1. The van der Waals surface area contributed by atoms with Gasteiger partial charge in [-0.3, -0.25) is 4.79 Å². The molecule has 0 aliphatic heterocycles. The molecular weight excluding hydrogens is 607 g/mol. The first-order valence-electron chi connectivity index (χ1n) is 10.3. The summed E-state index contributed by atoms with van der Waals surface area (Å²) >= 11 is 9.02. The monoisotopic (exact) mass is 634 g/mol. The third-order valence-corrected chi connectivity index (χ3v) is 7.05. The summed E-state index contributed by atoms with van der Waals surface area (Å²) in [6, 6.07) is 16.2. The molecular formula is C24H29Br2IO2. The summed E-state index contributed by atoms with van der Waals surface area (Å²) in [5.74, 6) is 0.464. The van der Waals surface area contributed by atoms with Gasteiger partial charge in [0, 0.05) is 25.4 Å². The van der Waals surface area contributed by atoms with Crippen LogP contribution in [0.5, 0.6) is 0 Å². The van der Waals surface area contributed by atoms with Gasteiger partial charge >= 0.3 is 0 Å². The van der Waals surface area contributed by atoms with E-state index in [0.29, 0.717) is 5.78 Å². The van der Waals surface area contributed by atoms with E-state index >= 15 is 0 Å². The maximum absolute atomic E-state index is 10.5. The molecule has 2 aliphatic rings. The maximum atomic E-state index is 10.5. The summed E-state index contributed by atoms with van der Waals surface area (Å²) in [4.78, 5) is 10.5. The van der Waals surface area contributed by atoms with Crippen LogP contribution >= 0.6 is 54.5 Å². The summed E-state index contributed by atoms with van der Waals surface area (Å²) in [5.41, 5.74) is 0.513. The molecule has 0 bridgehead atoms. The number of ketones is 1. The van der Waals surface area contributed by atoms with Gasteiger partial charge in [-0.1, -0.05) is 69.7 Å². The maximum Gasteiger partial charge on any atom is 0.132 e. The summed E-state index contributed by atoms with van der Waals surface area (Å²) in [7, 11) is 0. The van der Waals surface area contributed by atoms with Gasteiger partial charge in [0.1, 0.15) is 5.78 Å². The summed E-state index contributed by atoms with van der Waals surface area (Å²) in [6.07, 6.45) is 10.6. The van der Waals surface area contributed by atoms with Crippen LogP contribution in [0, 0.1) is 3.57 Å². The van der Waals surface area contributed by atoms with Crippen LogP contribution in [0.1, 0.15) is 69.8 Å². The number of carbonyl (C=O) groups is 1. The van der Waals surface area contributed by atoms with Gasteiger partial charge in [0.05, 0.1) is 5.60 Å². The lowest BCUT2D eigenvalue weighted by molar-refractivity contribution is -0.120. The second-order valence-corrected chi connectivity index (χ2v) is 10.7. The van der Waals surface area contributed by atoms with Crippen molar-refractivity contribution in [2.45, 2.75) is 69.8 Å². The molecule has 0 heterocycles. The number of rotatable bonds is 1. The van der Waals surface area contributed by atoms with E-state index in [2.05, 4.69) is 66.6 Å². The Balaban J connectivity index is 0.000000170. The van der Waals surface area contributed by atoms with E-state index in [4.69, 9.17) is 0 Å². The highest BCUT2D eigenvalue weighted by atomic mass is 127. The van der Waals surface area contributed by atoms with Gasteiger partial charge < -0.3 is 5.11 Å². The first-order chi connectivity index (χ1) is 13.9. The molecule has 0 radical (unpaired) electrons. The van der Waals surface area contributed by atoms with E-state index in [1.165, 1.54) is 16.4 Å². The fourth-order valence-corrected chi connectivity index (χ4v) is 4.45. The van der Waals surface area contributed by atoms with Crippen molar-refractivity contribution in [1.29, 1.82) is 0 Å². The molecule has 2 aliphatic carbocycles. The SMILES string of the molecule is Brc1ccc(I)cc1.O=C1CCCCC1.OC1(c2ccc(Br)cc2)CCCCC1. The summed E-state index contributed by atoms with van der Waals surface area (Å²) in [6.45, 7) is 0. The number of hydrogen-bond donors (Lipinski definition) is 1. The largest absolute Gasteiger partial charge is 0.385 e. The molecule has 2 fully saturated rings. The third-order valence-electron chi connectivity index (χ3n) is 5.28. The Kier molecular flexibility index (Phi) is 11.4. The van der Waals surface area contributed by atoms with Crippen LogP contribution < -0.4 is 0 Å². The highest BCUT2D eigenvalue weighted by molar-refractivity contribution is 14.1. The van der Waals surface area contributed by atoms with Crippen molar-refractivity contribution in [2.24, 2.45) is 0 Å². The van der Waals surface area contributed by atoms with E-state index in [1.54, 1.807) is 0 Å². The van der Waals surface area contributed by atoms with Crippen molar-refractivity contribution in [3.8, 4) is 0 Å². The Morgan fingerprint density at radius 3 is 1.59 bits per heavy atom. The lowest BCUT2D eigenvalue weighted by Crippen LogP contribution is -2.28. The van der Waals surface area contributed by atoms with Crippen molar-refractivity contribution < 1.29 is 9.90 Å². The third kappa shape index (κ3) is 9.62. The minimum Gasteiger partial charge on any atom is -0.385 e. The van der Waals surface area contributed by atoms with Crippen molar-refractivity contribution >= 4 is 60.2 Å². The van der Waals surface area contributed by atoms with Crippen LogP contribution in [0.25, 0.3) is 0 Å². The molecule has 2 aromatic rings. The molecule has 0 saturated heterocycles. The van der Waals surface area contributed by atoms with Crippen LogP contribution in [0.2, 0.25) is 0 Å². The average molecular weight is 636 g/mol. The van der Waals surface area contributed by atoms with Crippen molar-refractivity contribution in [3.05, 3.63) is 66.6 Å². The van der Waals surface area contributed by atoms with Gasteiger partial charge in [0.2, 0.25) is 0 Å². The number of halogens is 3. The van der Waals surface area contributed by atoms with Gasteiger partial charge in [-0.15, -0.1) is 0 Å². The fraction of sp³-hybridized carbons (Fsp3) is 0.458. The van der Waals surface area contributed by atoms with E-state index in [-0.39, 0.29) is 0 Å². The van der Waals surface area contributed by atoms with Gasteiger partial charge in [0.15, 0.2) is 0 Å². The van der Waals surface area contributed by atoms with E-state index in [9.17, 15) is 9.90 Å². The van der Waals surface area contributed by atoms with Gasteiger partial charge in [-0.25, -0.2) is 0 Å². The molecule has 2 aromatic carbocycles. The average Bonchev–Trinajstić information content (AvgIpc) is 2.73. The fourth-order valence-electron chi connectivity index (χ4n) is 3.56. The zero-order chi connectivity index (χ0) is 21.1. The molecule has 4 rings (SSSR count). The zero-order valence-electron chi connectivity index (χ0n) is 16.7. The standard InChI is InChI=1S/C12H15BrO.C6H4BrI.C6H10O/c13-11-6-4-10(5-7-11)12(14)8-2-1-3-9-12;7-5-1-3-6(8)4-2-5;7-6-4-2-1-3-5-6/h4-7,14H,1-3,8-9H2;1-4H;1-5H2. The molecule has 0 atom stereocenters. The number of aliphatic hydroxyl groups is 1. The van der Waals surface area contributed by atoms with Crippen LogP contribution in [0.3, 0.4) is 0 Å². The molecule has 158 valence electrons. The minimum atomic E-state index is -0.557. The normalized spacial score (nSPS) is 18.0. The quantitative estimate of drug-likeness (QED) is 0.321. The van der Waals surface area contributed by atoms with Crippen LogP contribution in [-0.4, -0.2) is 10.9 Å². The van der Waals surface area contributed by atoms with Crippen molar-refractivity contribution in [3.63, 3.8) is 0 Å². The Morgan fingerprint density at radius 1 is 0.724 bits per heavy atom. The highest BCUT2D eigenvalue weighted by Crippen LogP contribution is 2.37. The molecule has 5 heteroatoms. The van der Waals surface area contributed by atoms with Crippen molar-refractivity contribution in [2.75, 3.05) is 0 Å². The van der Waals surface area contributed by atoms with Gasteiger partial charge in [-0.2, -0.15) is 0 Å². The summed E-state index contributed by atoms with van der Waals surface area (Å²) in [5, 5.41) is 10.4. The Morgan fingerprint density at radius 2 is 1.17 bits per heavy atom. The lowest BCUT2D eigenvalue weighted by Gasteiger charge is -2.32. The minimum absolute atomic E-state index is 0.464. The number of benzene rings is 2. The molecule has 1 N–H and O–H groups in total. The topological polar surface area (TPSA) is 37.3 Å². The first-order valence-corrected chi connectivity index (χ1v) is 13.0. The van der Waals surface area contributed by atoms with E-state index < -0.39 is 5.60 Å². The first kappa shape index (κ1) is 25.0. The van der Waals surface area contributed by atoms with Crippen LogP contribution in [0.4, 0.5) is 0 Å². The molecule has 0 unspecified atom stereocenters. The second kappa shape index (κ2) is 13.2. The Hall–Kier alpha value is -0.240. The van der Waals surface area contributed by atoms with Gasteiger partial charge in [-0.05, 0) is 90.2 Å². The molecule has 29 heavy (non-hydrogen) atoms. The predicted octanol–water partition coefficient (Wildman–Crippen LogP) is 8.17. The second-order valence-electron chi connectivity index (χ2n) is 7.63. The lowest BCUT2D eigenvalue weighted by atomic mass is 9.80. The van der Waals surface area contributed by atoms with Crippen molar-refractivity contribution in [1.82, 2.24) is 0 Å². The smallest absolute Gasteiger partial charge is 0.132 e. The van der Waals surface area contributed by atoms with E-state index in [0.717, 1.165) is 65.9 Å².